The van der Waals surface area contributed by atoms with Gasteiger partial charge in [0.25, 0.3) is 8.32 Å². The third-order valence-electron chi connectivity index (χ3n) is 9.21. The van der Waals surface area contributed by atoms with Gasteiger partial charge in [-0.25, -0.2) is 4.18 Å². The summed E-state index contributed by atoms with van der Waals surface area (Å²) in [5, 5.41) is 48.4. The number of hydrogen-bond donors (Lipinski definition) is 6. The van der Waals surface area contributed by atoms with Gasteiger partial charge in [-0.15, -0.1) is 0 Å². The zero-order valence-corrected chi connectivity index (χ0v) is 31.4. The molecule has 11 atom stereocenters. The van der Waals surface area contributed by atoms with Crippen molar-refractivity contribution < 1.29 is 65.7 Å². The molecule has 0 saturated carbocycles. The first-order chi connectivity index (χ1) is 23.9. The number of carbonyl (C=O) groups excluding carboxylic acids is 1. The summed E-state index contributed by atoms with van der Waals surface area (Å²) in [5.41, 5.74) is 0. The van der Waals surface area contributed by atoms with Gasteiger partial charge in [-0.3, -0.25) is 9.35 Å². The van der Waals surface area contributed by atoms with Gasteiger partial charge in [0.15, 0.2) is 18.7 Å². The monoisotopic (exact) mass is 757 g/mol. The first-order valence-corrected chi connectivity index (χ1v) is 20.2. The number of carbonyl (C=O) groups is 1. The molecular formula is C34H51NO14SSi. The zero-order chi connectivity index (χ0) is 37.7. The minimum Gasteiger partial charge on any atom is -0.405 e. The van der Waals surface area contributed by atoms with Crippen LogP contribution in [-0.4, -0.2) is 128 Å². The lowest BCUT2D eigenvalue weighted by Crippen LogP contribution is -2.70. The molecule has 0 bridgehead atoms. The van der Waals surface area contributed by atoms with E-state index in [1.165, 1.54) is 6.92 Å². The summed E-state index contributed by atoms with van der Waals surface area (Å²) in [4.78, 5) is 12.3. The van der Waals surface area contributed by atoms with Crippen LogP contribution in [0.15, 0.2) is 60.7 Å². The molecule has 2 fully saturated rings. The molecular weight excluding hydrogens is 707 g/mol. The summed E-state index contributed by atoms with van der Waals surface area (Å²) in [5.74, 6) is -0.612. The normalized spacial score (nSPS) is 31.2. The Morgan fingerprint density at radius 3 is 1.92 bits per heavy atom. The minimum absolute atomic E-state index is 0.245. The van der Waals surface area contributed by atoms with Gasteiger partial charge in [-0.2, -0.15) is 8.42 Å². The maximum Gasteiger partial charge on any atom is 0.397 e. The van der Waals surface area contributed by atoms with Crippen LogP contribution in [0.25, 0.3) is 0 Å². The van der Waals surface area contributed by atoms with Crippen molar-refractivity contribution in [2.24, 2.45) is 0 Å². The SMILES string of the molecule is CC[C@H](C)O[C@@H]1O[C@H](CO)[C@@H](O[C@H]2O[C@H](CO[Si](c3ccccc3)(c3ccccc3)C(C)(C)C)[C@@H](O)[C@H](O)[C@H]2NC(C)=O)[C@H](O)[C@H]1OS(=O)(=O)O. The van der Waals surface area contributed by atoms with Crippen molar-refractivity contribution in [3.8, 4) is 0 Å². The Kier molecular flexibility index (Phi) is 14.0. The first-order valence-electron chi connectivity index (χ1n) is 16.9. The van der Waals surface area contributed by atoms with Crippen LogP contribution in [0.4, 0.5) is 0 Å². The molecule has 2 aromatic rings. The van der Waals surface area contributed by atoms with Gasteiger partial charge in [0, 0.05) is 6.92 Å². The molecule has 0 unspecified atom stereocenters. The predicted octanol–water partition coefficient (Wildman–Crippen LogP) is -0.0192. The largest absolute Gasteiger partial charge is 0.405 e. The molecule has 0 spiro atoms. The number of aliphatic hydroxyl groups is 4. The van der Waals surface area contributed by atoms with Gasteiger partial charge in [-0.1, -0.05) is 88.4 Å². The van der Waals surface area contributed by atoms with E-state index < -0.39 is 104 Å². The van der Waals surface area contributed by atoms with Crippen LogP contribution in [0.2, 0.25) is 5.04 Å². The fourth-order valence-electron chi connectivity index (χ4n) is 6.58. The molecule has 51 heavy (non-hydrogen) atoms. The molecule has 0 aromatic heterocycles. The minimum atomic E-state index is -5.16. The molecule has 1 amide bonds. The number of amides is 1. The molecule has 17 heteroatoms. The number of benzene rings is 2. The van der Waals surface area contributed by atoms with E-state index in [-0.39, 0.29) is 6.61 Å². The van der Waals surface area contributed by atoms with E-state index >= 15 is 0 Å². The second-order valence-electron chi connectivity index (χ2n) is 13.9. The van der Waals surface area contributed by atoms with Crippen molar-refractivity contribution in [1.82, 2.24) is 5.32 Å². The highest BCUT2D eigenvalue weighted by Gasteiger charge is 2.55. The smallest absolute Gasteiger partial charge is 0.397 e. The van der Waals surface area contributed by atoms with E-state index in [2.05, 4.69) is 26.1 Å². The van der Waals surface area contributed by atoms with Gasteiger partial charge in [-0.05, 0) is 28.8 Å². The van der Waals surface area contributed by atoms with E-state index in [1.54, 1.807) is 13.8 Å². The molecule has 0 aliphatic carbocycles. The van der Waals surface area contributed by atoms with Crippen molar-refractivity contribution in [1.29, 1.82) is 0 Å². The predicted molar refractivity (Wildman–Crippen MR) is 186 cm³/mol. The van der Waals surface area contributed by atoms with E-state index in [0.717, 1.165) is 10.4 Å². The van der Waals surface area contributed by atoms with Crippen LogP contribution >= 0.6 is 0 Å². The zero-order valence-electron chi connectivity index (χ0n) is 29.6. The van der Waals surface area contributed by atoms with Gasteiger partial charge < -0.3 is 49.1 Å². The van der Waals surface area contributed by atoms with Crippen molar-refractivity contribution in [3.63, 3.8) is 0 Å². The van der Waals surface area contributed by atoms with Crippen LogP contribution in [0.1, 0.15) is 48.0 Å². The average Bonchev–Trinajstić information content (AvgIpc) is 3.07. The summed E-state index contributed by atoms with van der Waals surface area (Å²) in [6.07, 6.45) is -14.5. The maximum atomic E-state index is 12.3. The number of rotatable bonds is 14. The van der Waals surface area contributed by atoms with E-state index in [1.807, 2.05) is 60.7 Å². The molecule has 2 heterocycles. The summed E-state index contributed by atoms with van der Waals surface area (Å²) < 4.78 is 68.6. The van der Waals surface area contributed by atoms with Crippen molar-refractivity contribution in [2.45, 2.75) is 120 Å². The Morgan fingerprint density at radius 1 is 0.902 bits per heavy atom. The fourth-order valence-corrected chi connectivity index (χ4v) is 11.6. The molecule has 6 N–H and O–H groups in total. The Morgan fingerprint density at radius 2 is 1.45 bits per heavy atom. The Balaban J connectivity index is 1.69. The molecule has 2 aromatic carbocycles. The summed E-state index contributed by atoms with van der Waals surface area (Å²) in [6.45, 7) is 9.81. The second-order valence-corrected chi connectivity index (χ2v) is 19.2. The summed E-state index contributed by atoms with van der Waals surface area (Å²) >= 11 is 0. The first kappa shape index (κ1) is 41.4. The summed E-state index contributed by atoms with van der Waals surface area (Å²) in [6, 6.07) is 18.0. The number of hydrogen-bond acceptors (Lipinski definition) is 13. The van der Waals surface area contributed by atoms with Crippen molar-refractivity contribution in [3.05, 3.63) is 60.7 Å². The maximum absolute atomic E-state index is 12.3. The molecule has 0 radical (unpaired) electrons. The van der Waals surface area contributed by atoms with Gasteiger partial charge in [0.1, 0.15) is 42.7 Å². The number of aliphatic hydroxyl groups excluding tert-OH is 4. The molecule has 2 aliphatic rings. The second kappa shape index (κ2) is 17.2. The molecule has 15 nitrogen and oxygen atoms in total. The standard InChI is InChI=1S/C34H51NO14SSi/c1-7-20(2)45-33-31(49-50(41,42)43)29(40)30(24(18-36)46-33)48-32-26(35-21(3)37)28(39)27(38)25(47-32)19-44-51(34(4,5)6,22-14-10-8-11-15-22)23-16-12-9-13-17-23/h8-17,20,24-33,36,38-40H,7,18-19H2,1-6H3,(H,35,37)(H,41,42,43)/t20-,24+,25+,26+,27+,28+,29-,30+,31+,32+,33+/m0/s1. The highest BCUT2D eigenvalue weighted by molar-refractivity contribution is 7.80. The lowest BCUT2D eigenvalue weighted by atomic mass is 9.95. The van der Waals surface area contributed by atoms with Crippen LogP contribution in [0, 0.1) is 0 Å². The van der Waals surface area contributed by atoms with Crippen LogP contribution in [0.5, 0.6) is 0 Å². The van der Waals surface area contributed by atoms with E-state index in [9.17, 15) is 38.2 Å². The third-order valence-corrected chi connectivity index (χ3v) is 14.7. The molecule has 4 rings (SSSR count). The lowest BCUT2D eigenvalue weighted by Gasteiger charge is -2.49. The number of nitrogens with one attached hydrogen (secondary N) is 1. The van der Waals surface area contributed by atoms with Gasteiger partial charge in [0.2, 0.25) is 5.91 Å². The van der Waals surface area contributed by atoms with E-state index in [0.29, 0.717) is 6.42 Å². The quantitative estimate of drug-likeness (QED) is 0.110. The summed E-state index contributed by atoms with van der Waals surface area (Å²) in [7, 11) is -8.32. The third kappa shape index (κ3) is 9.60. The van der Waals surface area contributed by atoms with E-state index in [4.69, 9.17) is 27.6 Å². The van der Waals surface area contributed by atoms with Crippen molar-refractivity contribution >= 4 is 35.0 Å². The van der Waals surface area contributed by atoms with Gasteiger partial charge >= 0.3 is 10.4 Å². The Hall–Kier alpha value is -2.36. The fraction of sp³-hybridized carbons (Fsp3) is 0.618. The topological polar surface area (TPSA) is 220 Å². The van der Waals surface area contributed by atoms with Crippen molar-refractivity contribution in [2.75, 3.05) is 13.2 Å². The van der Waals surface area contributed by atoms with Gasteiger partial charge in [0.05, 0.1) is 19.3 Å². The lowest BCUT2D eigenvalue weighted by molar-refractivity contribution is -0.347. The van der Waals surface area contributed by atoms with Crippen LogP contribution < -0.4 is 15.7 Å². The molecule has 2 aliphatic heterocycles. The van der Waals surface area contributed by atoms with Crippen LogP contribution in [-0.2, 0) is 42.8 Å². The molecule has 286 valence electrons. The van der Waals surface area contributed by atoms with Crippen LogP contribution in [0.3, 0.4) is 0 Å². The average molecular weight is 758 g/mol. The number of ether oxygens (including phenoxy) is 4. The Labute approximate surface area is 299 Å². The Bertz CT molecular complexity index is 1470. The molecule has 2 saturated heterocycles. The highest BCUT2D eigenvalue weighted by atomic mass is 32.3. The highest BCUT2D eigenvalue weighted by Crippen LogP contribution is 2.38.